The zero-order chi connectivity index (χ0) is 8.97. The summed E-state index contributed by atoms with van der Waals surface area (Å²) in [6.07, 6.45) is 0. The van der Waals surface area contributed by atoms with Gasteiger partial charge in [-0.2, -0.15) is 0 Å². The summed E-state index contributed by atoms with van der Waals surface area (Å²) in [4.78, 5) is 0. The molecule has 0 aliphatic carbocycles. The van der Waals surface area contributed by atoms with Crippen LogP contribution >= 0.6 is 28.1 Å². The van der Waals surface area contributed by atoms with E-state index in [1.54, 1.807) is 0 Å². The Kier molecular flexibility index (Phi) is 3.49. The Hall–Kier alpha value is -0.610. The second-order valence-corrected chi connectivity index (χ2v) is 3.60. The lowest BCUT2D eigenvalue weighted by Gasteiger charge is -2.05. The van der Waals surface area contributed by atoms with E-state index in [1.807, 2.05) is 24.3 Å². The summed E-state index contributed by atoms with van der Waals surface area (Å²) in [6.45, 7) is 0.663. The van der Waals surface area contributed by atoms with E-state index in [4.69, 9.17) is 5.73 Å². The van der Waals surface area contributed by atoms with Crippen LogP contribution < -0.4 is 11.1 Å². The molecule has 0 radical (unpaired) electrons. The highest BCUT2D eigenvalue weighted by atomic mass is 79.9. The Morgan fingerprint density at radius 1 is 1.50 bits per heavy atom. The summed E-state index contributed by atoms with van der Waals surface area (Å²) in [6, 6.07) is 7.93. The van der Waals surface area contributed by atoms with Gasteiger partial charge in [0.1, 0.15) is 0 Å². The molecule has 0 aliphatic rings. The number of halogens is 1. The van der Waals surface area contributed by atoms with E-state index < -0.39 is 0 Å². The molecule has 2 nitrogen and oxygen atoms in total. The van der Waals surface area contributed by atoms with Crippen molar-refractivity contribution >= 4 is 33.3 Å². The maximum absolute atomic E-state index is 5.30. The smallest absolute Gasteiger partial charge is 0.163 e. The normalized spacial score (nSPS) is 9.42. The van der Waals surface area contributed by atoms with Crippen LogP contribution in [0.2, 0.25) is 0 Å². The van der Waals surface area contributed by atoms with E-state index in [0.717, 1.165) is 10.0 Å². The third kappa shape index (κ3) is 2.79. The van der Waals surface area contributed by atoms with Gasteiger partial charge < -0.3 is 11.1 Å². The molecular formula is C8H9BrN2S. The van der Waals surface area contributed by atoms with Crippen molar-refractivity contribution in [2.45, 2.75) is 6.54 Å². The summed E-state index contributed by atoms with van der Waals surface area (Å²) in [5.41, 5.74) is 6.44. The zero-order valence-corrected chi connectivity index (χ0v) is 8.78. The van der Waals surface area contributed by atoms with E-state index in [9.17, 15) is 0 Å². The minimum atomic E-state index is 0.325. The highest BCUT2D eigenvalue weighted by Gasteiger charge is 1.96. The maximum Gasteiger partial charge on any atom is 0.163 e. The molecule has 64 valence electrons. The molecule has 0 bridgehead atoms. The first-order valence-electron chi connectivity index (χ1n) is 3.47. The molecule has 1 aromatic carbocycles. The van der Waals surface area contributed by atoms with E-state index in [0.29, 0.717) is 11.7 Å². The summed E-state index contributed by atoms with van der Waals surface area (Å²) < 4.78 is 1.06. The highest BCUT2D eigenvalue weighted by molar-refractivity contribution is 9.10. The third-order valence-electron chi connectivity index (χ3n) is 1.41. The molecule has 0 atom stereocenters. The second-order valence-electron chi connectivity index (χ2n) is 2.31. The standard InChI is InChI=1S/C8H9BrN2S/c9-7-4-2-1-3-6(7)5-11-8(10)12/h1-4H,5H2,(H3,10,11,12). The van der Waals surface area contributed by atoms with Crippen molar-refractivity contribution < 1.29 is 0 Å². The minimum Gasteiger partial charge on any atom is -0.376 e. The van der Waals surface area contributed by atoms with E-state index >= 15 is 0 Å². The maximum atomic E-state index is 5.30. The number of rotatable bonds is 2. The number of benzene rings is 1. The second kappa shape index (κ2) is 4.42. The lowest BCUT2D eigenvalue weighted by Crippen LogP contribution is -2.28. The lowest BCUT2D eigenvalue weighted by molar-refractivity contribution is 0.915. The van der Waals surface area contributed by atoms with Crippen LogP contribution in [-0.2, 0) is 6.54 Å². The van der Waals surface area contributed by atoms with Crippen molar-refractivity contribution in [2.75, 3.05) is 0 Å². The van der Waals surface area contributed by atoms with Gasteiger partial charge in [0.2, 0.25) is 0 Å². The Bertz CT molecular complexity index is 288. The number of nitrogens with one attached hydrogen (secondary N) is 1. The average Bonchev–Trinajstić information content (AvgIpc) is 2.03. The first kappa shape index (κ1) is 9.48. The number of hydrogen-bond acceptors (Lipinski definition) is 1. The Balaban J connectivity index is 2.63. The molecule has 0 saturated carbocycles. The molecule has 1 aromatic rings. The first-order valence-corrected chi connectivity index (χ1v) is 4.67. The van der Waals surface area contributed by atoms with Gasteiger partial charge in [0.05, 0.1) is 0 Å². The van der Waals surface area contributed by atoms with Crippen LogP contribution in [0.15, 0.2) is 28.7 Å². The fourth-order valence-electron chi connectivity index (χ4n) is 0.824. The quantitative estimate of drug-likeness (QED) is 0.780. The topological polar surface area (TPSA) is 38.0 Å². The van der Waals surface area contributed by atoms with Crippen LogP contribution in [0.25, 0.3) is 0 Å². The Morgan fingerprint density at radius 2 is 2.17 bits per heavy atom. The van der Waals surface area contributed by atoms with Crippen LogP contribution in [0.3, 0.4) is 0 Å². The number of thiocarbonyl (C=S) groups is 1. The molecule has 0 aromatic heterocycles. The van der Waals surface area contributed by atoms with Crippen LogP contribution in [0, 0.1) is 0 Å². The summed E-state index contributed by atoms with van der Waals surface area (Å²) >= 11 is 8.11. The molecule has 0 amide bonds. The van der Waals surface area contributed by atoms with Gasteiger partial charge in [-0.3, -0.25) is 0 Å². The summed E-state index contributed by atoms with van der Waals surface area (Å²) in [5.74, 6) is 0. The monoisotopic (exact) mass is 244 g/mol. The van der Waals surface area contributed by atoms with Crippen molar-refractivity contribution in [2.24, 2.45) is 5.73 Å². The minimum absolute atomic E-state index is 0.325. The van der Waals surface area contributed by atoms with Gasteiger partial charge in [-0.05, 0) is 23.8 Å². The summed E-state index contributed by atoms with van der Waals surface area (Å²) in [7, 11) is 0. The molecule has 4 heteroatoms. The first-order chi connectivity index (χ1) is 5.70. The molecular weight excluding hydrogens is 236 g/mol. The van der Waals surface area contributed by atoms with E-state index in [2.05, 4.69) is 33.5 Å². The molecule has 12 heavy (non-hydrogen) atoms. The highest BCUT2D eigenvalue weighted by Crippen LogP contribution is 2.14. The van der Waals surface area contributed by atoms with Crippen LogP contribution in [0.4, 0.5) is 0 Å². The van der Waals surface area contributed by atoms with Gasteiger partial charge in [0.15, 0.2) is 5.11 Å². The molecule has 0 unspecified atom stereocenters. The molecule has 0 fully saturated rings. The van der Waals surface area contributed by atoms with Crippen LogP contribution in [0.1, 0.15) is 5.56 Å². The van der Waals surface area contributed by atoms with Crippen LogP contribution in [0.5, 0.6) is 0 Å². The van der Waals surface area contributed by atoms with Crippen molar-refractivity contribution in [3.8, 4) is 0 Å². The van der Waals surface area contributed by atoms with Gasteiger partial charge in [0, 0.05) is 11.0 Å². The van der Waals surface area contributed by atoms with Gasteiger partial charge in [-0.1, -0.05) is 34.1 Å². The molecule has 0 spiro atoms. The Morgan fingerprint density at radius 3 is 2.75 bits per heavy atom. The fourth-order valence-corrected chi connectivity index (χ4v) is 1.32. The lowest BCUT2D eigenvalue weighted by atomic mass is 10.2. The predicted octanol–water partition coefficient (Wildman–Crippen LogP) is 1.78. The largest absolute Gasteiger partial charge is 0.376 e. The van der Waals surface area contributed by atoms with Crippen LogP contribution in [-0.4, -0.2) is 5.11 Å². The van der Waals surface area contributed by atoms with Crippen molar-refractivity contribution in [3.63, 3.8) is 0 Å². The van der Waals surface area contributed by atoms with Crippen molar-refractivity contribution in [1.82, 2.24) is 5.32 Å². The zero-order valence-electron chi connectivity index (χ0n) is 6.38. The Labute approximate surface area is 85.3 Å². The average molecular weight is 245 g/mol. The van der Waals surface area contributed by atoms with Crippen molar-refractivity contribution in [3.05, 3.63) is 34.3 Å². The number of nitrogens with two attached hydrogens (primary N) is 1. The van der Waals surface area contributed by atoms with Gasteiger partial charge in [-0.25, -0.2) is 0 Å². The number of hydrogen-bond donors (Lipinski definition) is 2. The van der Waals surface area contributed by atoms with Gasteiger partial charge >= 0.3 is 0 Å². The fraction of sp³-hybridized carbons (Fsp3) is 0.125. The van der Waals surface area contributed by atoms with Gasteiger partial charge in [-0.15, -0.1) is 0 Å². The molecule has 3 N–H and O–H groups in total. The SMILES string of the molecule is NC(=S)NCc1ccccc1Br. The molecule has 1 rings (SSSR count). The molecule has 0 heterocycles. The molecule has 0 aliphatic heterocycles. The third-order valence-corrected chi connectivity index (χ3v) is 2.33. The molecule has 0 saturated heterocycles. The van der Waals surface area contributed by atoms with Gasteiger partial charge in [0.25, 0.3) is 0 Å². The predicted molar refractivity (Wildman–Crippen MR) is 57.8 cm³/mol. The van der Waals surface area contributed by atoms with Crippen molar-refractivity contribution in [1.29, 1.82) is 0 Å². The van der Waals surface area contributed by atoms with E-state index in [1.165, 1.54) is 0 Å². The summed E-state index contributed by atoms with van der Waals surface area (Å²) in [5, 5.41) is 3.21. The van der Waals surface area contributed by atoms with E-state index in [-0.39, 0.29) is 0 Å².